The van der Waals surface area contributed by atoms with Gasteiger partial charge in [0.2, 0.25) is 5.91 Å². The van der Waals surface area contributed by atoms with Crippen LogP contribution >= 0.6 is 15.9 Å². The summed E-state index contributed by atoms with van der Waals surface area (Å²) in [5.41, 5.74) is 0.842. The molecule has 0 saturated heterocycles. The van der Waals surface area contributed by atoms with Crippen molar-refractivity contribution < 1.29 is 9.32 Å². The van der Waals surface area contributed by atoms with Crippen LogP contribution in [0.4, 0.5) is 5.82 Å². The number of carbonyl (C=O) groups excluding carboxylic acids is 1. The van der Waals surface area contributed by atoms with Crippen LogP contribution in [0.2, 0.25) is 0 Å². The fourth-order valence-corrected chi connectivity index (χ4v) is 1.50. The summed E-state index contributed by atoms with van der Waals surface area (Å²) in [6, 6.07) is 1.57. The number of hydrogen-bond donors (Lipinski definition) is 1. The second kappa shape index (κ2) is 4.48. The van der Waals surface area contributed by atoms with Crippen molar-refractivity contribution in [2.45, 2.75) is 13.5 Å². The standard InChI is InChI=1S/C9H9BrN4O2/c1-6-7(10)4-14(12-6)5-9(15)11-8-2-3-16-13-8/h2-4H,5H2,1H3,(H,11,13,15). The van der Waals surface area contributed by atoms with Crippen LogP contribution in [-0.2, 0) is 11.3 Å². The third-order valence-electron chi connectivity index (χ3n) is 1.90. The van der Waals surface area contributed by atoms with Gasteiger partial charge in [-0.2, -0.15) is 5.10 Å². The number of nitrogens with zero attached hydrogens (tertiary/aromatic N) is 3. The van der Waals surface area contributed by atoms with Crippen LogP contribution in [-0.4, -0.2) is 20.8 Å². The number of halogens is 1. The molecule has 0 atom stereocenters. The Hall–Kier alpha value is -1.63. The van der Waals surface area contributed by atoms with Crippen LogP contribution in [0.1, 0.15) is 5.69 Å². The molecule has 0 aliphatic heterocycles. The van der Waals surface area contributed by atoms with E-state index in [9.17, 15) is 4.79 Å². The highest BCUT2D eigenvalue weighted by Gasteiger charge is 2.08. The fourth-order valence-electron chi connectivity index (χ4n) is 1.18. The van der Waals surface area contributed by atoms with E-state index < -0.39 is 0 Å². The average molecular weight is 285 g/mol. The number of hydrogen-bond acceptors (Lipinski definition) is 4. The lowest BCUT2D eigenvalue weighted by molar-refractivity contribution is -0.116. The number of rotatable bonds is 3. The first-order chi connectivity index (χ1) is 7.65. The van der Waals surface area contributed by atoms with Crippen LogP contribution in [0.15, 0.2) is 27.5 Å². The lowest BCUT2D eigenvalue weighted by Gasteiger charge is -2.00. The van der Waals surface area contributed by atoms with Gasteiger partial charge in [-0.05, 0) is 22.9 Å². The molecular weight excluding hydrogens is 276 g/mol. The normalized spacial score (nSPS) is 10.4. The Kier molecular flexibility index (Phi) is 3.04. The Morgan fingerprint density at radius 1 is 1.69 bits per heavy atom. The van der Waals surface area contributed by atoms with Gasteiger partial charge in [-0.15, -0.1) is 0 Å². The van der Waals surface area contributed by atoms with E-state index >= 15 is 0 Å². The maximum atomic E-state index is 11.5. The minimum atomic E-state index is -0.205. The van der Waals surface area contributed by atoms with Crippen LogP contribution in [0.5, 0.6) is 0 Å². The summed E-state index contributed by atoms with van der Waals surface area (Å²) in [6.07, 6.45) is 3.14. The molecular formula is C9H9BrN4O2. The largest absolute Gasteiger partial charge is 0.363 e. The van der Waals surface area contributed by atoms with E-state index in [0.717, 1.165) is 10.2 Å². The lowest BCUT2D eigenvalue weighted by atomic mass is 10.5. The summed E-state index contributed by atoms with van der Waals surface area (Å²) in [7, 11) is 0. The lowest BCUT2D eigenvalue weighted by Crippen LogP contribution is -2.19. The molecule has 0 spiro atoms. The van der Waals surface area contributed by atoms with Gasteiger partial charge >= 0.3 is 0 Å². The molecule has 0 saturated carbocycles. The average Bonchev–Trinajstić information content (AvgIpc) is 2.78. The van der Waals surface area contributed by atoms with Crippen molar-refractivity contribution in [3.8, 4) is 0 Å². The summed E-state index contributed by atoms with van der Waals surface area (Å²) < 4.78 is 7.02. The van der Waals surface area contributed by atoms with E-state index in [4.69, 9.17) is 0 Å². The Bertz CT molecular complexity index is 472. The van der Waals surface area contributed by atoms with Gasteiger partial charge in [0.25, 0.3) is 0 Å². The highest BCUT2D eigenvalue weighted by molar-refractivity contribution is 9.10. The van der Waals surface area contributed by atoms with Crippen LogP contribution in [0, 0.1) is 6.92 Å². The monoisotopic (exact) mass is 284 g/mol. The molecule has 0 aliphatic carbocycles. The molecule has 0 radical (unpaired) electrons. The van der Waals surface area contributed by atoms with Crippen molar-refractivity contribution >= 4 is 27.7 Å². The van der Waals surface area contributed by atoms with Gasteiger partial charge in [-0.25, -0.2) is 0 Å². The minimum Gasteiger partial charge on any atom is -0.363 e. The molecule has 0 aliphatic rings. The van der Waals surface area contributed by atoms with E-state index in [1.54, 1.807) is 16.9 Å². The van der Waals surface area contributed by atoms with Gasteiger partial charge in [0, 0.05) is 12.3 Å². The van der Waals surface area contributed by atoms with E-state index in [0.29, 0.717) is 5.82 Å². The molecule has 1 amide bonds. The van der Waals surface area contributed by atoms with Crippen molar-refractivity contribution in [3.05, 3.63) is 28.7 Å². The van der Waals surface area contributed by atoms with Gasteiger partial charge in [0.05, 0.1) is 10.2 Å². The molecule has 2 heterocycles. The quantitative estimate of drug-likeness (QED) is 0.929. The van der Waals surface area contributed by atoms with E-state index in [1.165, 1.54) is 6.26 Å². The van der Waals surface area contributed by atoms with Crippen molar-refractivity contribution in [3.63, 3.8) is 0 Å². The number of anilines is 1. The third kappa shape index (κ3) is 2.48. The molecule has 2 rings (SSSR count). The molecule has 0 aromatic carbocycles. The van der Waals surface area contributed by atoms with E-state index in [-0.39, 0.29) is 12.5 Å². The summed E-state index contributed by atoms with van der Waals surface area (Å²) in [6.45, 7) is 2.00. The Morgan fingerprint density at radius 2 is 2.50 bits per heavy atom. The highest BCUT2D eigenvalue weighted by Crippen LogP contribution is 2.13. The first-order valence-electron chi connectivity index (χ1n) is 4.55. The number of amides is 1. The smallest absolute Gasteiger partial charge is 0.247 e. The first-order valence-corrected chi connectivity index (χ1v) is 5.34. The second-order valence-electron chi connectivity index (χ2n) is 3.19. The third-order valence-corrected chi connectivity index (χ3v) is 2.68. The summed E-state index contributed by atoms with van der Waals surface area (Å²) in [5.74, 6) is 0.192. The minimum absolute atomic E-state index is 0.138. The van der Waals surface area contributed by atoms with Crippen LogP contribution in [0.25, 0.3) is 0 Å². The fraction of sp³-hybridized carbons (Fsp3) is 0.222. The van der Waals surface area contributed by atoms with Crippen molar-refractivity contribution in [2.75, 3.05) is 5.32 Å². The first kappa shape index (κ1) is 10.9. The molecule has 6 nitrogen and oxygen atoms in total. The Labute approximate surface area is 99.7 Å². The van der Waals surface area contributed by atoms with E-state index in [1.807, 2.05) is 6.92 Å². The zero-order valence-electron chi connectivity index (χ0n) is 8.48. The topological polar surface area (TPSA) is 73.0 Å². The van der Waals surface area contributed by atoms with Gasteiger partial charge in [0.15, 0.2) is 5.82 Å². The molecule has 1 N–H and O–H groups in total. The van der Waals surface area contributed by atoms with Crippen molar-refractivity contribution in [1.82, 2.24) is 14.9 Å². The predicted molar refractivity (Wildman–Crippen MR) is 59.8 cm³/mol. The molecule has 0 bridgehead atoms. The van der Waals surface area contributed by atoms with E-state index in [2.05, 4.69) is 36.0 Å². The van der Waals surface area contributed by atoms with Gasteiger partial charge in [-0.3, -0.25) is 9.48 Å². The summed E-state index contributed by atoms with van der Waals surface area (Å²) >= 11 is 3.32. The number of nitrogens with one attached hydrogen (secondary N) is 1. The van der Waals surface area contributed by atoms with Crippen LogP contribution < -0.4 is 5.32 Å². The summed E-state index contributed by atoms with van der Waals surface area (Å²) in [5, 5.41) is 10.3. The molecule has 2 aromatic rings. The maximum Gasteiger partial charge on any atom is 0.247 e. The molecule has 0 fully saturated rings. The Balaban J connectivity index is 1.97. The molecule has 7 heteroatoms. The van der Waals surface area contributed by atoms with Crippen LogP contribution in [0.3, 0.4) is 0 Å². The van der Waals surface area contributed by atoms with Gasteiger partial charge in [0.1, 0.15) is 12.8 Å². The zero-order chi connectivity index (χ0) is 11.5. The summed E-state index contributed by atoms with van der Waals surface area (Å²) in [4.78, 5) is 11.5. The molecule has 2 aromatic heterocycles. The second-order valence-corrected chi connectivity index (χ2v) is 4.05. The highest BCUT2D eigenvalue weighted by atomic mass is 79.9. The molecule has 84 valence electrons. The molecule has 16 heavy (non-hydrogen) atoms. The number of aromatic nitrogens is 3. The predicted octanol–water partition coefficient (Wildman–Crippen LogP) is 1.58. The van der Waals surface area contributed by atoms with Gasteiger partial charge in [-0.1, -0.05) is 5.16 Å². The Morgan fingerprint density at radius 3 is 3.06 bits per heavy atom. The van der Waals surface area contributed by atoms with Crippen molar-refractivity contribution in [1.29, 1.82) is 0 Å². The van der Waals surface area contributed by atoms with Crippen molar-refractivity contribution in [2.24, 2.45) is 0 Å². The SMILES string of the molecule is Cc1nn(CC(=O)Nc2ccon2)cc1Br. The number of aryl methyl sites for hydroxylation is 1. The number of carbonyl (C=O) groups is 1. The molecule has 0 unspecified atom stereocenters. The maximum absolute atomic E-state index is 11.5. The zero-order valence-corrected chi connectivity index (χ0v) is 10.1. The van der Waals surface area contributed by atoms with Gasteiger partial charge < -0.3 is 9.84 Å².